The predicted octanol–water partition coefficient (Wildman–Crippen LogP) is 1.79. The van der Waals surface area contributed by atoms with Gasteiger partial charge in [-0.15, -0.1) is 0 Å². The molecule has 1 rings (SSSR count). The monoisotopic (exact) mass is 240 g/mol. The number of aryl methyl sites for hydroxylation is 2. The Labute approximate surface area is 99.4 Å². The topological polar surface area (TPSA) is 76.7 Å². The number of rotatable bonds is 9. The number of carbonyl (C=O) groups excluding carboxylic acids is 1. The number of hydrogen-bond donors (Lipinski definition) is 1. The fourth-order valence-electron chi connectivity index (χ4n) is 1.48. The second kappa shape index (κ2) is 7.49. The number of carboxylic acid groups (broad SMARTS) is 1. The van der Waals surface area contributed by atoms with Crippen molar-refractivity contribution in [3.8, 4) is 0 Å². The summed E-state index contributed by atoms with van der Waals surface area (Å²) in [6, 6.07) is 3.73. The van der Waals surface area contributed by atoms with Crippen molar-refractivity contribution in [3.63, 3.8) is 0 Å². The second-order valence-corrected chi connectivity index (χ2v) is 3.69. The quantitative estimate of drug-likeness (QED) is 0.526. The summed E-state index contributed by atoms with van der Waals surface area (Å²) in [4.78, 5) is 20.2. The van der Waals surface area contributed by atoms with E-state index in [1.54, 1.807) is 0 Å². The van der Waals surface area contributed by atoms with E-state index in [9.17, 15) is 9.59 Å². The zero-order valence-corrected chi connectivity index (χ0v) is 9.55. The zero-order chi connectivity index (χ0) is 12.5. The fourth-order valence-corrected chi connectivity index (χ4v) is 1.48. The maximum Gasteiger partial charge on any atom is 0.303 e. The van der Waals surface area contributed by atoms with Gasteiger partial charge < -0.3 is 14.3 Å². The standard InChI is InChI=1S/C12H16O5/c13-9-16-8-2-4-11-7-6-10(17-11)3-1-5-12(14)15/h6-7,9H,1-5,8H2,(H,14,15). The van der Waals surface area contributed by atoms with Gasteiger partial charge in [0, 0.05) is 19.3 Å². The number of carbonyl (C=O) groups is 2. The van der Waals surface area contributed by atoms with Crippen LogP contribution < -0.4 is 0 Å². The van der Waals surface area contributed by atoms with Crippen molar-refractivity contribution in [2.45, 2.75) is 32.1 Å². The minimum absolute atomic E-state index is 0.156. The molecule has 1 N–H and O–H groups in total. The van der Waals surface area contributed by atoms with Crippen LogP contribution in [0.15, 0.2) is 16.5 Å². The summed E-state index contributed by atoms with van der Waals surface area (Å²) >= 11 is 0. The molecule has 0 amide bonds. The summed E-state index contributed by atoms with van der Waals surface area (Å²) in [5.41, 5.74) is 0. The highest BCUT2D eigenvalue weighted by Gasteiger charge is 2.03. The largest absolute Gasteiger partial charge is 0.481 e. The van der Waals surface area contributed by atoms with E-state index >= 15 is 0 Å². The molecule has 5 heteroatoms. The average Bonchev–Trinajstić information content (AvgIpc) is 2.72. The van der Waals surface area contributed by atoms with Crippen LogP contribution in [-0.2, 0) is 27.2 Å². The summed E-state index contributed by atoms with van der Waals surface area (Å²) in [5, 5.41) is 8.49. The molecule has 0 atom stereocenters. The van der Waals surface area contributed by atoms with E-state index in [1.165, 1.54) is 0 Å². The van der Waals surface area contributed by atoms with Crippen LogP contribution in [0, 0.1) is 0 Å². The van der Waals surface area contributed by atoms with Gasteiger partial charge in [0.2, 0.25) is 0 Å². The van der Waals surface area contributed by atoms with Gasteiger partial charge in [0.1, 0.15) is 11.5 Å². The van der Waals surface area contributed by atoms with Crippen LogP contribution in [0.2, 0.25) is 0 Å². The first-order chi connectivity index (χ1) is 8.22. The second-order valence-electron chi connectivity index (χ2n) is 3.69. The summed E-state index contributed by atoms with van der Waals surface area (Å²) in [6.07, 6.45) is 2.81. The molecule has 0 radical (unpaired) electrons. The molecule has 0 aliphatic heterocycles. The lowest BCUT2D eigenvalue weighted by molar-refractivity contribution is -0.137. The average molecular weight is 240 g/mol. The number of ether oxygens (including phenoxy) is 1. The Morgan fingerprint density at radius 3 is 2.53 bits per heavy atom. The Morgan fingerprint density at radius 2 is 1.94 bits per heavy atom. The van der Waals surface area contributed by atoms with E-state index < -0.39 is 5.97 Å². The highest BCUT2D eigenvalue weighted by Crippen LogP contribution is 2.12. The zero-order valence-electron chi connectivity index (χ0n) is 9.55. The number of furan rings is 1. The number of aliphatic carboxylic acids is 1. The lowest BCUT2D eigenvalue weighted by Crippen LogP contribution is -1.95. The van der Waals surface area contributed by atoms with Crippen LogP contribution in [-0.4, -0.2) is 24.2 Å². The molecule has 0 aliphatic carbocycles. The van der Waals surface area contributed by atoms with E-state index in [2.05, 4.69) is 4.74 Å². The van der Waals surface area contributed by atoms with Gasteiger partial charge in [-0.25, -0.2) is 0 Å². The van der Waals surface area contributed by atoms with Crippen molar-refractivity contribution >= 4 is 12.4 Å². The third kappa shape index (κ3) is 5.75. The van der Waals surface area contributed by atoms with Crippen molar-refractivity contribution in [1.82, 2.24) is 0 Å². The summed E-state index contributed by atoms with van der Waals surface area (Å²) in [5.74, 6) is 0.852. The third-order valence-electron chi connectivity index (χ3n) is 2.28. The molecule has 1 aromatic heterocycles. The van der Waals surface area contributed by atoms with E-state index in [1.807, 2.05) is 12.1 Å². The summed E-state index contributed by atoms with van der Waals surface area (Å²) in [7, 11) is 0. The molecule has 1 aromatic rings. The summed E-state index contributed by atoms with van der Waals surface area (Å²) < 4.78 is 10.1. The molecule has 0 spiro atoms. The SMILES string of the molecule is O=COCCCc1ccc(CCCC(=O)O)o1. The van der Waals surface area contributed by atoms with E-state index in [4.69, 9.17) is 9.52 Å². The Hall–Kier alpha value is -1.78. The van der Waals surface area contributed by atoms with Gasteiger partial charge in [-0.3, -0.25) is 9.59 Å². The molecular weight excluding hydrogens is 224 g/mol. The van der Waals surface area contributed by atoms with Crippen molar-refractivity contribution < 1.29 is 23.8 Å². The van der Waals surface area contributed by atoms with Crippen LogP contribution in [0.25, 0.3) is 0 Å². The van der Waals surface area contributed by atoms with Gasteiger partial charge in [-0.05, 0) is 25.0 Å². The third-order valence-corrected chi connectivity index (χ3v) is 2.28. The minimum atomic E-state index is -0.789. The molecule has 0 saturated carbocycles. The lowest BCUT2D eigenvalue weighted by atomic mass is 10.2. The van der Waals surface area contributed by atoms with Crippen LogP contribution in [0.5, 0.6) is 0 Å². The Morgan fingerprint density at radius 1 is 1.29 bits per heavy atom. The van der Waals surface area contributed by atoms with Crippen molar-refractivity contribution in [2.24, 2.45) is 0 Å². The Balaban J connectivity index is 2.22. The minimum Gasteiger partial charge on any atom is -0.481 e. The maximum absolute atomic E-state index is 10.3. The molecular formula is C12H16O5. The normalized spacial score (nSPS) is 10.1. The number of hydrogen-bond acceptors (Lipinski definition) is 4. The van der Waals surface area contributed by atoms with Crippen molar-refractivity contribution in [3.05, 3.63) is 23.7 Å². The summed E-state index contributed by atoms with van der Waals surface area (Å²) in [6.45, 7) is 0.817. The molecule has 94 valence electrons. The van der Waals surface area contributed by atoms with Crippen LogP contribution in [0.1, 0.15) is 30.8 Å². The first-order valence-electron chi connectivity index (χ1n) is 5.57. The van der Waals surface area contributed by atoms with Crippen molar-refractivity contribution in [1.29, 1.82) is 0 Å². The van der Waals surface area contributed by atoms with Gasteiger partial charge >= 0.3 is 5.97 Å². The molecule has 0 aliphatic rings. The molecule has 0 unspecified atom stereocenters. The van der Waals surface area contributed by atoms with E-state index in [0.29, 0.717) is 32.3 Å². The molecule has 0 aromatic carbocycles. The molecule has 1 heterocycles. The van der Waals surface area contributed by atoms with Crippen molar-refractivity contribution in [2.75, 3.05) is 6.61 Å². The van der Waals surface area contributed by atoms with E-state index in [0.717, 1.165) is 17.9 Å². The van der Waals surface area contributed by atoms with Crippen LogP contribution in [0.4, 0.5) is 0 Å². The Bertz CT molecular complexity index is 356. The van der Waals surface area contributed by atoms with Crippen LogP contribution >= 0.6 is 0 Å². The van der Waals surface area contributed by atoms with Gasteiger partial charge in [0.25, 0.3) is 6.47 Å². The maximum atomic E-state index is 10.3. The lowest BCUT2D eigenvalue weighted by Gasteiger charge is -1.97. The molecule has 0 bridgehead atoms. The smallest absolute Gasteiger partial charge is 0.303 e. The first kappa shape index (κ1) is 13.3. The molecule has 0 fully saturated rings. The van der Waals surface area contributed by atoms with Crippen LogP contribution in [0.3, 0.4) is 0 Å². The highest BCUT2D eigenvalue weighted by atomic mass is 16.5. The Kier molecular flexibility index (Phi) is 5.85. The fraction of sp³-hybridized carbons (Fsp3) is 0.500. The first-order valence-corrected chi connectivity index (χ1v) is 5.57. The van der Waals surface area contributed by atoms with Gasteiger partial charge in [0.15, 0.2) is 0 Å². The van der Waals surface area contributed by atoms with Gasteiger partial charge in [0.05, 0.1) is 6.61 Å². The molecule has 0 saturated heterocycles. The van der Waals surface area contributed by atoms with Gasteiger partial charge in [-0.2, -0.15) is 0 Å². The molecule has 5 nitrogen and oxygen atoms in total. The number of carboxylic acids is 1. The molecule has 17 heavy (non-hydrogen) atoms. The van der Waals surface area contributed by atoms with Gasteiger partial charge in [-0.1, -0.05) is 0 Å². The predicted molar refractivity (Wildman–Crippen MR) is 59.6 cm³/mol. The van der Waals surface area contributed by atoms with E-state index in [-0.39, 0.29) is 6.42 Å². The highest BCUT2D eigenvalue weighted by molar-refractivity contribution is 5.66.